The van der Waals surface area contributed by atoms with Gasteiger partial charge in [-0.2, -0.15) is 0 Å². The average Bonchev–Trinajstić information content (AvgIpc) is 1.96. The van der Waals surface area contributed by atoms with E-state index in [0.29, 0.717) is 11.8 Å². The number of nitrogens with one attached hydrogen (secondary N) is 1. The van der Waals surface area contributed by atoms with E-state index < -0.39 is 0 Å². The normalized spacial score (nSPS) is 11.3. The SMILES string of the molecule is CCC(=O)NCCCC(C)(C)C. The van der Waals surface area contributed by atoms with Crippen LogP contribution < -0.4 is 5.32 Å². The fraction of sp³-hybridized carbons (Fsp3) is 0.900. The summed E-state index contributed by atoms with van der Waals surface area (Å²) in [5.74, 6) is 0.156. The maximum atomic E-state index is 10.8. The van der Waals surface area contributed by atoms with Gasteiger partial charge in [-0.15, -0.1) is 0 Å². The minimum absolute atomic E-state index is 0.156. The summed E-state index contributed by atoms with van der Waals surface area (Å²) in [6.07, 6.45) is 2.84. The van der Waals surface area contributed by atoms with Gasteiger partial charge in [0.2, 0.25) is 5.91 Å². The van der Waals surface area contributed by atoms with Gasteiger partial charge in [0.05, 0.1) is 0 Å². The number of amides is 1. The van der Waals surface area contributed by atoms with Gasteiger partial charge in [0.1, 0.15) is 0 Å². The zero-order chi connectivity index (χ0) is 9.61. The second-order valence-corrected chi connectivity index (χ2v) is 4.37. The summed E-state index contributed by atoms with van der Waals surface area (Å²) in [5, 5.41) is 2.87. The van der Waals surface area contributed by atoms with Crippen molar-refractivity contribution in [2.45, 2.75) is 47.0 Å². The maximum Gasteiger partial charge on any atom is 0.219 e. The van der Waals surface area contributed by atoms with E-state index in [4.69, 9.17) is 0 Å². The van der Waals surface area contributed by atoms with Crippen molar-refractivity contribution < 1.29 is 4.79 Å². The molecule has 72 valence electrons. The highest BCUT2D eigenvalue weighted by molar-refractivity contribution is 5.75. The van der Waals surface area contributed by atoms with Crippen molar-refractivity contribution in [3.63, 3.8) is 0 Å². The summed E-state index contributed by atoms with van der Waals surface area (Å²) < 4.78 is 0. The highest BCUT2D eigenvalue weighted by atomic mass is 16.1. The smallest absolute Gasteiger partial charge is 0.219 e. The Balaban J connectivity index is 3.28. The molecule has 1 N–H and O–H groups in total. The van der Waals surface area contributed by atoms with Crippen LogP contribution in [0.5, 0.6) is 0 Å². The minimum atomic E-state index is 0.156. The average molecular weight is 171 g/mol. The van der Waals surface area contributed by atoms with Crippen LogP contribution in [0.15, 0.2) is 0 Å². The summed E-state index contributed by atoms with van der Waals surface area (Å²) in [6.45, 7) is 9.35. The fourth-order valence-corrected chi connectivity index (χ4v) is 0.972. The monoisotopic (exact) mass is 171 g/mol. The Labute approximate surface area is 75.7 Å². The number of hydrogen-bond donors (Lipinski definition) is 1. The lowest BCUT2D eigenvalue weighted by Gasteiger charge is -2.17. The molecule has 0 aliphatic heterocycles. The van der Waals surface area contributed by atoms with E-state index in [2.05, 4.69) is 26.1 Å². The Hall–Kier alpha value is -0.530. The van der Waals surface area contributed by atoms with E-state index >= 15 is 0 Å². The van der Waals surface area contributed by atoms with Gasteiger partial charge >= 0.3 is 0 Å². The van der Waals surface area contributed by atoms with E-state index in [1.807, 2.05) is 6.92 Å². The Morgan fingerprint density at radius 3 is 2.33 bits per heavy atom. The molecule has 0 aliphatic carbocycles. The van der Waals surface area contributed by atoms with E-state index in [1.165, 1.54) is 0 Å². The summed E-state index contributed by atoms with van der Waals surface area (Å²) in [4.78, 5) is 10.8. The molecule has 0 saturated carbocycles. The molecule has 0 aromatic rings. The lowest BCUT2D eigenvalue weighted by atomic mass is 9.91. The van der Waals surface area contributed by atoms with Crippen LogP contribution in [0.4, 0.5) is 0 Å². The summed E-state index contributed by atoms with van der Waals surface area (Å²) >= 11 is 0. The Kier molecular flexibility index (Phi) is 4.95. The number of rotatable bonds is 4. The molecular formula is C10H21NO. The standard InChI is InChI=1S/C10H21NO/c1-5-9(12)11-8-6-7-10(2,3)4/h5-8H2,1-4H3,(H,11,12). The number of carbonyl (C=O) groups is 1. The molecule has 2 nitrogen and oxygen atoms in total. The quantitative estimate of drug-likeness (QED) is 0.646. The van der Waals surface area contributed by atoms with E-state index in [0.717, 1.165) is 19.4 Å². The van der Waals surface area contributed by atoms with Crippen LogP contribution in [0.2, 0.25) is 0 Å². The summed E-state index contributed by atoms with van der Waals surface area (Å²) in [7, 11) is 0. The van der Waals surface area contributed by atoms with Crippen LogP contribution in [0.3, 0.4) is 0 Å². The molecular weight excluding hydrogens is 150 g/mol. The minimum Gasteiger partial charge on any atom is -0.356 e. The predicted molar refractivity (Wildman–Crippen MR) is 52.0 cm³/mol. The second kappa shape index (κ2) is 5.18. The molecule has 0 aromatic heterocycles. The van der Waals surface area contributed by atoms with E-state index in [-0.39, 0.29) is 5.91 Å². The largest absolute Gasteiger partial charge is 0.356 e. The maximum absolute atomic E-state index is 10.8. The molecule has 0 unspecified atom stereocenters. The lowest BCUT2D eigenvalue weighted by Crippen LogP contribution is -2.24. The molecule has 0 heterocycles. The van der Waals surface area contributed by atoms with Crippen LogP contribution in [-0.2, 0) is 4.79 Å². The summed E-state index contributed by atoms with van der Waals surface area (Å²) in [6, 6.07) is 0. The third-order valence-electron chi connectivity index (χ3n) is 1.75. The highest BCUT2D eigenvalue weighted by Crippen LogP contribution is 2.19. The Morgan fingerprint density at radius 2 is 1.92 bits per heavy atom. The van der Waals surface area contributed by atoms with Crippen LogP contribution in [0.1, 0.15) is 47.0 Å². The molecule has 0 atom stereocenters. The van der Waals surface area contributed by atoms with Crippen molar-refractivity contribution in [3.8, 4) is 0 Å². The molecule has 0 fully saturated rings. The Morgan fingerprint density at radius 1 is 1.33 bits per heavy atom. The zero-order valence-corrected chi connectivity index (χ0v) is 8.74. The first kappa shape index (κ1) is 11.5. The first-order valence-electron chi connectivity index (χ1n) is 4.72. The number of hydrogen-bond acceptors (Lipinski definition) is 1. The predicted octanol–water partition coefficient (Wildman–Crippen LogP) is 2.34. The third-order valence-corrected chi connectivity index (χ3v) is 1.75. The molecule has 0 radical (unpaired) electrons. The topological polar surface area (TPSA) is 29.1 Å². The summed E-state index contributed by atoms with van der Waals surface area (Å²) in [5.41, 5.74) is 0.386. The van der Waals surface area contributed by atoms with Gasteiger partial charge in [-0.05, 0) is 18.3 Å². The second-order valence-electron chi connectivity index (χ2n) is 4.37. The first-order valence-corrected chi connectivity index (χ1v) is 4.72. The molecule has 0 aliphatic rings. The van der Waals surface area contributed by atoms with Gasteiger partial charge in [-0.1, -0.05) is 27.7 Å². The van der Waals surface area contributed by atoms with Crippen molar-refractivity contribution in [2.75, 3.05) is 6.54 Å². The third kappa shape index (κ3) is 7.58. The van der Waals surface area contributed by atoms with Crippen molar-refractivity contribution >= 4 is 5.91 Å². The molecule has 0 aromatic carbocycles. The number of carbonyl (C=O) groups excluding carboxylic acids is 1. The molecule has 0 saturated heterocycles. The van der Waals surface area contributed by atoms with E-state index in [1.54, 1.807) is 0 Å². The first-order chi connectivity index (χ1) is 5.45. The molecule has 0 rings (SSSR count). The van der Waals surface area contributed by atoms with Gasteiger partial charge in [0.15, 0.2) is 0 Å². The van der Waals surface area contributed by atoms with Crippen LogP contribution in [0.25, 0.3) is 0 Å². The Bertz CT molecular complexity index is 135. The molecule has 12 heavy (non-hydrogen) atoms. The van der Waals surface area contributed by atoms with Crippen molar-refractivity contribution in [3.05, 3.63) is 0 Å². The van der Waals surface area contributed by atoms with Gasteiger partial charge in [-0.25, -0.2) is 0 Å². The lowest BCUT2D eigenvalue weighted by molar-refractivity contribution is -0.120. The van der Waals surface area contributed by atoms with Crippen LogP contribution >= 0.6 is 0 Å². The van der Waals surface area contributed by atoms with Gasteiger partial charge < -0.3 is 5.32 Å². The van der Waals surface area contributed by atoms with Crippen molar-refractivity contribution in [1.82, 2.24) is 5.32 Å². The van der Waals surface area contributed by atoms with Crippen molar-refractivity contribution in [1.29, 1.82) is 0 Å². The molecule has 2 heteroatoms. The molecule has 1 amide bonds. The fourth-order valence-electron chi connectivity index (χ4n) is 0.972. The molecule has 0 spiro atoms. The van der Waals surface area contributed by atoms with Gasteiger partial charge in [0.25, 0.3) is 0 Å². The molecule has 0 bridgehead atoms. The van der Waals surface area contributed by atoms with Gasteiger partial charge in [-0.3, -0.25) is 4.79 Å². The van der Waals surface area contributed by atoms with Crippen molar-refractivity contribution in [2.24, 2.45) is 5.41 Å². The van der Waals surface area contributed by atoms with Crippen LogP contribution in [0, 0.1) is 5.41 Å². The van der Waals surface area contributed by atoms with E-state index in [9.17, 15) is 4.79 Å². The zero-order valence-electron chi connectivity index (χ0n) is 8.74. The van der Waals surface area contributed by atoms with Crippen LogP contribution in [-0.4, -0.2) is 12.5 Å². The van der Waals surface area contributed by atoms with Gasteiger partial charge in [0, 0.05) is 13.0 Å². The highest BCUT2D eigenvalue weighted by Gasteiger charge is 2.08.